The van der Waals surface area contributed by atoms with Gasteiger partial charge in [0.15, 0.2) is 0 Å². The number of hydrogen-bond donors (Lipinski definition) is 0. The van der Waals surface area contributed by atoms with E-state index >= 15 is 0 Å². The molecule has 0 aromatic heterocycles. The van der Waals surface area contributed by atoms with E-state index in [1.807, 2.05) is 0 Å². The van der Waals surface area contributed by atoms with Crippen molar-refractivity contribution in [2.75, 3.05) is 6.26 Å². The Balaban J connectivity index is 3.84. The molecule has 0 unspecified atom stereocenters. The summed E-state index contributed by atoms with van der Waals surface area (Å²) in [6.45, 7) is 0. The first-order valence-electron chi connectivity index (χ1n) is 8.31. The molecule has 0 fully saturated rings. The van der Waals surface area contributed by atoms with Crippen molar-refractivity contribution in [1.82, 2.24) is 0 Å². The normalized spacial score (nSPS) is 16.1. The second kappa shape index (κ2) is 9.40. The van der Waals surface area contributed by atoms with Crippen LogP contribution in [0.3, 0.4) is 0 Å². The van der Waals surface area contributed by atoms with Crippen molar-refractivity contribution < 1.29 is 85.6 Å². The summed E-state index contributed by atoms with van der Waals surface area (Å²) in [5.41, 5.74) is 0. The van der Waals surface area contributed by atoms with Crippen molar-refractivity contribution in [3.05, 3.63) is 33.9 Å². The van der Waals surface area contributed by atoms with E-state index in [0.717, 1.165) is 6.07 Å². The molecule has 0 spiro atoms. The average molecular weight is 718 g/mol. The zero-order valence-corrected chi connectivity index (χ0v) is 19.8. The van der Waals surface area contributed by atoms with Gasteiger partial charge in [-0.15, -0.1) is 0 Å². The van der Waals surface area contributed by atoms with Crippen LogP contribution in [-0.4, -0.2) is 60.3 Å². The Labute approximate surface area is 202 Å². The van der Waals surface area contributed by atoms with E-state index in [1.165, 1.54) is 0 Å². The SMILES string of the molecule is CS(=O)(=O)OI(c1ccccc1)C(F)(F)C(F)(F)C(F)(F)C(F)(F)C(F)(F)C(F)(F)C(F)(F)C(F)(F)F. The minimum absolute atomic E-state index is 0.130. The minimum atomic E-state index is -8.77. The Hall–Kier alpha value is -1.33. The fourth-order valence-electron chi connectivity index (χ4n) is 2.11. The molecule has 0 aliphatic carbocycles. The van der Waals surface area contributed by atoms with Crippen LogP contribution >= 0.6 is 20.2 Å². The summed E-state index contributed by atoms with van der Waals surface area (Å²) in [6, 6.07) is 2.88. The number of rotatable bonds is 10. The first-order chi connectivity index (χ1) is 16.0. The molecular weight excluding hydrogens is 710 g/mol. The third-order valence-corrected chi connectivity index (χ3v) is 11.2. The van der Waals surface area contributed by atoms with Crippen LogP contribution in [0.25, 0.3) is 0 Å². The average Bonchev–Trinajstić information content (AvgIpc) is 2.70. The Morgan fingerprint density at radius 2 is 0.892 bits per heavy atom. The van der Waals surface area contributed by atoms with Gasteiger partial charge in [0, 0.05) is 0 Å². The molecule has 0 saturated heterocycles. The Morgan fingerprint density at radius 3 is 1.22 bits per heavy atom. The van der Waals surface area contributed by atoms with E-state index in [1.54, 1.807) is 0 Å². The fraction of sp³-hybridized carbons (Fsp3) is 0.600. The van der Waals surface area contributed by atoms with Crippen LogP contribution in [0.5, 0.6) is 0 Å². The van der Waals surface area contributed by atoms with Crippen molar-refractivity contribution in [2.24, 2.45) is 0 Å². The second-order valence-electron chi connectivity index (χ2n) is 6.75. The first kappa shape index (κ1) is 33.7. The molecule has 0 N–H and O–H groups in total. The van der Waals surface area contributed by atoms with Crippen LogP contribution in [0.4, 0.5) is 74.6 Å². The fourth-order valence-corrected chi connectivity index (χ4v) is 8.55. The van der Waals surface area contributed by atoms with Gasteiger partial charge in [0.25, 0.3) is 0 Å². The van der Waals surface area contributed by atoms with Crippen LogP contribution < -0.4 is 0 Å². The molecule has 0 bridgehead atoms. The molecule has 22 heteroatoms. The molecule has 0 radical (unpaired) electrons. The van der Waals surface area contributed by atoms with Gasteiger partial charge < -0.3 is 0 Å². The second-order valence-corrected chi connectivity index (χ2v) is 13.4. The first-order valence-corrected chi connectivity index (χ1v) is 13.2. The van der Waals surface area contributed by atoms with Gasteiger partial charge in [0.2, 0.25) is 0 Å². The third kappa shape index (κ3) is 5.16. The van der Waals surface area contributed by atoms with Gasteiger partial charge in [-0.3, -0.25) is 0 Å². The zero-order valence-electron chi connectivity index (χ0n) is 16.8. The van der Waals surface area contributed by atoms with Gasteiger partial charge in [-0.05, 0) is 0 Å². The molecule has 0 aliphatic rings. The van der Waals surface area contributed by atoms with Crippen molar-refractivity contribution in [3.8, 4) is 0 Å². The summed E-state index contributed by atoms with van der Waals surface area (Å²) in [7, 11) is -5.35. The maximum absolute atomic E-state index is 14.6. The molecule has 1 aromatic carbocycles. The monoisotopic (exact) mass is 718 g/mol. The molecule has 0 atom stereocenters. The standard InChI is InChI=1S/C15H8F17IO3S/c1-37(34,35)36-33(7-5-3-2-4-6-7)15(31,32)13(26,27)11(22,23)9(18,19)8(16,17)10(20,21)12(24,25)14(28,29)30/h2-6H,1H3. The van der Waals surface area contributed by atoms with Crippen LogP contribution in [-0.2, 0) is 12.6 Å². The van der Waals surface area contributed by atoms with Gasteiger partial charge >= 0.3 is 202 Å². The summed E-state index contributed by atoms with van der Waals surface area (Å²) >= 11 is -6.36. The molecule has 0 aliphatic heterocycles. The molecule has 0 heterocycles. The Bertz CT molecular complexity index is 1070. The molecule has 1 rings (SSSR count). The molecule has 218 valence electrons. The van der Waals surface area contributed by atoms with E-state index in [0.29, 0.717) is 24.3 Å². The van der Waals surface area contributed by atoms with Gasteiger partial charge in [0.1, 0.15) is 0 Å². The van der Waals surface area contributed by atoms with Crippen molar-refractivity contribution >= 4 is 30.4 Å². The maximum atomic E-state index is 14.6. The van der Waals surface area contributed by atoms with E-state index in [9.17, 15) is 83.1 Å². The van der Waals surface area contributed by atoms with Gasteiger partial charge in [-0.25, -0.2) is 0 Å². The van der Waals surface area contributed by atoms with Crippen molar-refractivity contribution in [2.45, 2.75) is 45.6 Å². The van der Waals surface area contributed by atoms with Crippen LogP contribution in [0.1, 0.15) is 0 Å². The number of hydrogen-bond acceptors (Lipinski definition) is 3. The van der Waals surface area contributed by atoms with E-state index in [2.05, 4.69) is 2.51 Å². The van der Waals surface area contributed by atoms with Gasteiger partial charge in [0.05, 0.1) is 0 Å². The number of alkyl halides is 18. The van der Waals surface area contributed by atoms with Crippen LogP contribution in [0.15, 0.2) is 30.3 Å². The summed E-state index contributed by atoms with van der Waals surface area (Å²) in [5, 5.41) is 0. The zero-order chi connectivity index (χ0) is 29.9. The van der Waals surface area contributed by atoms with Crippen molar-refractivity contribution in [1.29, 1.82) is 0 Å². The number of benzene rings is 1. The van der Waals surface area contributed by atoms with Gasteiger partial charge in [-0.2, -0.15) is 0 Å². The molecule has 3 nitrogen and oxygen atoms in total. The summed E-state index contributed by atoms with van der Waals surface area (Å²) < 4.78 is 247. The van der Waals surface area contributed by atoms with Crippen molar-refractivity contribution in [3.63, 3.8) is 0 Å². The van der Waals surface area contributed by atoms with E-state index in [4.69, 9.17) is 0 Å². The third-order valence-electron chi connectivity index (χ3n) is 4.01. The molecule has 37 heavy (non-hydrogen) atoms. The van der Waals surface area contributed by atoms with Gasteiger partial charge in [-0.1, -0.05) is 0 Å². The Morgan fingerprint density at radius 1 is 0.568 bits per heavy atom. The summed E-state index contributed by atoms with van der Waals surface area (Å²) in [6.07, 6.45) is -7.98. The predicted octanol–water partition coefficient (Wildman–Crippen LogP) is 7.22. The molecule has 0 saturated carbocycles. The topological polar surface area (TPSA) is 43.4 Å². The number of halogens is 18. The predicted molar refractivity (Wildman–Crippen MR) is 95.8 cm³/mol. The van der Waals surface area contributed by atoms with E-state index < -0.39 is 79.6 Å². The van der Waals surface area contributed by atoms with Crippen LogP contribution in [0, 0.1) is 3.57 Å². The molecular formula is C15H8F17IO3S. The van der Waals surface area contributed by atoms with E-state index in [-0.39, 0.29) is 6.26 Å². The summed E-state index contributed by atoms with van der Waals surface area (Å²) in [5.74, 6) is -51.0. The summed E-state index contributed by atoms with van der Waals surface area (Å²) in [4.78, 5) is 0. The van der Waals surface area contributed by atoms with Crippen LogP contribution in [0.2, 0.25) is 0 Å². The quantitative estimate of drug-likeness (QED) is 0.146. The molecule has 0 amide bonds. The molecule has 1 aromatic rings. The Kier molecular flexibility index (Phi) is 8.56.